The van der Waals surface area contributed by atoms with E-state index in [0.717, 1.165) is 11.3 Å². The SMILES string of the molecule is N/C(CCCNC(=O)c1cc(Cl)sc1Cl)=N/O. The van der Waals surface area contributed by atoms with Gasteiger partial charge in [-0.05, 0) is 12.5 Å². The number of nitrogens with zero attached hydrogens (tertiary/aromatic N) is 1. The Morgan fingerprint density at radius 3 is 2.82 bits per heavy atom. The first kappa shape index (κ1) is 14.1. The van der Waals surface area contributed by atoms with Gasteiger partial charge in [-0.25, -0.2) is 0 Å². The largest absolute Gasteiger partial charge is 0.409 e. The summed E-state index contributed by atoms with van der Waals surface area (Å²) in [5.74, 6) is -0.145. The van der Waals surface area contributed by atoms with Crippen LogP contribution < -0.4 is 11.1 Å². The second-order valence-electron chi connectivity index (χ2n) is 3.19. The van der Waals surface area contributed by atoms with E-state index in [1.165, 1.54) is 6.07 Å². The van der Waals surface area contributed by atoms with Crippen molar-refractivity contribution in [3.05, 3.63) is 20.3 Å². The first-order valence-corrected chi connectivity index (χ1v) is 6.31. The number of rotatable bonds is 5. The minimum atomic E-state index is -0.280. The molecule has 0 aliphatic heterocycles. The van der Waals surface area contributed by atoms with Crippen LogP contribution in [0.1, 0.15) is 23.2 Å². The molecule has 0 aliphatic carbocycles. The average molecular weight is 296 g/mol. The van der Waals surface area contributed by atoms with Gasteiger partial charge < -0.3 is 16.3 Å². The zero-order valence-electron chi connectivity index (χ0n) is 8.74. The standard InChI is InChI=1S/C9H11Cl2N3O2S/c10-6-4-5(8(11)17-6)9(15)13-3-1-2-7(12)14-16/h4,16H,1-3H2,(H2,12,14)(H,13,15). The maximum Gasteiger partial charge on any atom is 0.253 e. The van der Waals surface area contributed by atoms with E-state index in [9.17, 15) is 4.79 Å². The Labute approximate surface area is 112 Å². The summed E-state index contributed by atoms with van der Waals surface area (Å²) in [6, 6.07) is 1.52. The van der Waals surface area contributed by atoms with E-state index in [4.69, 9.17) is 34.1 Å². The van der Waals surface area contributed by atoms with E-state index in [1.807, 2.05) is 0 Å². The summed E-state index contributed by atoms with van der Waals surface area (Å²) in [7, 11) is 0. The Morgan fingerprint density at radius 1 is 1.59 bits per heavy atom. The van der Waals surface area contributed by atoms with Crippen LogP contribution in [0.15, 0.2) is 11.2 Å². The average Bonchev–Trinajstić information content (AvgIpc) is 2.63. The molecule has 4 N–H and O–H groups in total. The van der Waals surface area contributed by atoms with Crippen LogP contribution in [0.2, 0.25) is 8.67 Å². The van der Waals surface area contributed by atoms with Crippen LogP contribution >= 0.6 is 34.5 Å². The highest BCUT2D eigenvalue weighted by Gasteiger charge is 2.13. The predicted octanol–water partition coefficient (Wildman–Crippen LogP) is 2.31. The molecule has 0 aromatic carbocycles. The molecule has 0 spiro atoms. The van der Waals surface area contributed by atoms with E-state index in [1.54, 1.807) is 0 Å². The van der Waals surface area contributed by atoms with Gasteiger partial charge in [0.15, 0.2) is 0 Å². The first-order chi connectivity index (χ1) is 8.04. The van der Waals surface area contributed by atoms with Crippen LogP contribution in [0.25, 0.3) is 0 Å². The van der Waals surface area contributed by atoms with E-state index >= 15 is 0 Å². The van der Waals surface area contributed by atoms with E-state index < -0.39 is 0 Å². The van der Waals surface area contributed by atoms with E-state index in [0.29, 0.717) is 33.6 Å². The second kappa shape index (κ2) is 6.68. The lowest BCUT2D eigenvalue weighted by Gasteiger charge is -2.03. The summed E-state index contributed by atoms with van der Waals surface area (Å²) in [4.78, 5) is 11.6. The van der Waals surface area contributed by atoms with Crippen molar-refractivity contribution in [3.63, 3.8) is 0 Å². The molecule has 8 heteroatoms. The number of carbonyl (C=O) groups is 1. The lowest BCUT2D eigenvalue weighted by Crippen LogP contribution is -2.25. The van der Waals surface area contributed by atoms with Crippen LogP contribution in [0, 0.1) is 0 Å². The number of carbonyl (C=O) groups excluding carboxylic acids is 1. The summed E-state index contributed by atoms with van der Waals surface area (Å²) >= 11 is 12.7. The van der Waals surface area contributed by atoms with Gasteiger partial charge in [0.05, 0.1) is 9.90 Å². The van der Waals surface area contributed by atoms with Gasteiger partial charge >= 0.3 is 0 Å². The number of nitrogens with one attached hydrogen (secondary N) is 1. The zero-order chi connectivity index (χ0) is 12.8. The van der Waals surface area contributed by atoms with E-state index in [-0.39, 0.29) is 11.7 Å². The van der Waals surface area contributed by atoms with Crippen molar-refractivity contribution in [1.82, 2.24) is 5.32 Å². The molecule has 0 bridgehead atoms. The molecular weight excluding hydrogens is 285 g/mol. The van der Waals surface area contributed by atoms with Gasteiger partial charge in [0.1, 0.15) is 10.2 Å². The number of amides is 1. The fraction of sp³-hybridized carbons (Fsp3) is 0.333. The number of hydrogen-bond acceptors (Lipinski definition) is 4. The highest BCUT2D eigenvalue weighted by Crippen LogP contribution is 2.30. The predicted molar refractivity (Wildman–Crippen MR) is 69.3 cm³/mol. The van der Waals surface area contributed by atoms with Gasteiger partial charge in [0.2, 0.25) is 0 Å². The molecule has 0 saturated heterocycles. The van der Waals surface area contributed by atoms with Crippen LogP contribution in [-0.4, -0.2) is 23.5 Å². The zero-order valence-corrected chi connectivity index (χ0v) is 11.1. The van der Waals surface area contributed by atoms with Gasteiger partial charge in [0.25, 0.3) is 5.91 Å². The highest BCUT2D eigenvalue weighted by atomic mass is 35.5. The smallest absolute Gasteiger partial charge is 0.253 e. The number of thiophene rings is 1. The van der Waals surface area contributed by atoms with Crippen LogP contribution in [0.4, 0.5) is 0 Å². The van der Waals surface area contributed by atoms with Crippen molar-refractivity contribution in [3.8, 4) is 0 Å². The monoisotopic (exact) mass is 295 g/mol. The number of hydrogen-bond donors (Lipinski definition) is 3. The fourth-order valence-electron chi connectivity index (χ4n) is 1.11. The van der Waals surface area contributed by atoms with Crippen molar-refractivity contribution in [2.24, 2.45) is 10.9 Å². The van der Waals surface area contributed by atoms with E-state index in [2.05, 4.69) is 10.5 Å². The molecule has 0 fully saturated rings. The fourth-order valence-corrected chi connectivity index (χ4v) is 2.57. The van der Waals surface area contributed by atoms with Crippen molar-refractivity contribution in [1.29, 1.82) is 0 Å². The normalized spacial score (nSPS) is 11.5. The number of halogens is 2. The third kappa shape index (κ3) is 4.41. The summed E-state index contributed by atoms with van der Waals surface area (Å²) in [6.45, 7) is 0.416. The summed E-state index contributed by atoms with van der Waals surface area (Å²) in [6.07, 6.45) is 0.992. The molecule has 0 unspecified atom stereocenters. The van der Waals surface area contributed by atoms with Crippen molar-refractivity contribution in [2.45, 2.75) is 12.8 Å². The molecular formula is C9H11Cl2N3O2S. The number of oxime groups is 1. The van der Waals surface area contributed by atoms with Gasteiger partial charge in [-0.15, -0.1) is 11.3 Å². The van der Waals surface area contributed by atoms with Gasteiger partial charge in [0, 0.05) is 13.0 Å². The maximum atomic E-state index is 11.6. The lowest BCUT2D eigenvalue weighted by molar-refractivity contribution is 0.0954. The Morgan fingerprint density at radius 2 is 2.29 bits per heavy atom. The molecule has 17 heavy (non-hydrogen) atoms. The quantitative estimate of drug-likeness (QED) is 0.256. The molecule has 0 radical (unpaired) electrons. The minimum absolute atomic E-state index is 0.135. The van der Waals surface area contributed by atoms with Gasteiger partial charge in [-0.1, -0.05) is 28.4 Å². The summed E-state index contributed by atoms with van der Waals surface area (Å²) in [5, 5.41) is 13.8. The third-order valence-electron chi connectivity index (χ3n) is 1.93. The molecule has 5 nitrogen and oxygen atoms in total. The molecule has 1 aromatic heterocycles. The molecule has 1 amide bonds. The molecule has 1 aromatic rings. The first-order valence-electron chi connectivity index (χ1n) is 4.74. The third-order valence-corrected chi connectivity index (χ3v) is 3.41. The van der Waals surface area contributed by atoms with Crippen molar-refractivity contribution in [2.75, 3.05) is 6.54 Å². The van der Waals surface area contributed by atoms with Crippen molar-refractivity contribution < 1.29 is 10.0 Å². The molecule has 0 atom stereocenters. The Kier molecular flexibility index (Phi) is 5.54. The molecule has 1 rings (SSSR count). The second-order valence-corrected chi connectivity index (χ2v) is 5.47. The molecule has 0 aliphatic rings. The van der Waals surface area contributed by atoms with Gasteiger partial charge in [-0.3, -0.25) is 4.79 Å². The Balaban J connectivity index is 2.38. The van der Waals surface area contributed by atoms with Crippen LogP contribution in [0.5, 0.6) is 0 Å². The Hall–Kier alpha value is -0.980. The summed E-state index contributed by atoms with van der Waals surface area (Å²) in [5.41, 5.74) is 5.64. The highest BCUT2D eigenvalue weighted by molar-refractivity contribution is 7.20. The Bertz CT molecular complexity index is 434. The van der Waals surface area contributed by atoms with Crippen molar-refractivity contribution >= 4 is 46.3 Å². The number of amidine groups is 1. The minimum Gasteiger partial charge on any atom is -0.409 e. The molecule has 1 heterocycles. The van der Waals surface area contributed by atoms with Crippen LogP contribution in [0.3, 0.4) is 0 Å². The van der Waals surface area contributed by atoms with Gasteiger partial charge in [-0.2, -0.15) is 0 Å². The lowest BCUT2D eigenvalue weighted by atomic mass is 10.2. The molecule has 0 saturated carbocycles. The number of nitrogens with two attached hydrogens (primary N) is 1. The molecule has 94 valence electrons. The van der Waals surface area contributed by atoms with Crippen LogP contribution in [-0.2, 0) is 0 Å². The topological polar surface area (TPSA) is 87.7 Å². The summed E-state index contributed by atoms with van der Waals surface area (Å²) < 4.78 is 0.834. The maximum absolute atomic E-state index is 11.6.